The van der Waals surface area contributed by atoms with Gasteiger partial charge in [0.25, 0.3) is 0 Å². The molecule has 1 fully saturated rings. The lowest BCUT2D eigenvalue weighted by Crippen LogP contribution is -2.39. The first-order valence-corrected chi connectivity index (χ1v) is 23.3. The van der Waals surface area contributed by atoms with E-state index >= 15 is 0 Å². The zero-order chi connectivity index (χ0) is 36.7. The maximum atomic E-state index is 2.90. The first-order chi connectivity index (χ1) is 27.8. The van der Waals surface area contributed by atoms with Gasteiger partial charge in [-0.2, -0.15) is 0 Å². The monoisotopic (exact) mass is 766 g/mol. The molecule has 8 aliphatic carbocycles. The summed E-state index contributed by atoms with van der Waals surface area (Å²) in [6.45, 7) is 0. The van der Waals surface area contributed by atoms with Gasteiger partial charge in [-0.15, -0.1) is 23.1 Å². The average Bonchev–Trinajstić information content (AvgIpc) is 3.84. The van der Waals surface area contributed by atoms with E-state index in [9.17, 15) is 0 Å². The van der Waals surface area contributed by atoms with Gasteiger partial charge in [-0.05, 0) is 165 Å². The highest BCUT2D eigenvalue weighted by molar-refractivity contribution is 8.04. The minimum atomic E-state index is 0.393. The van der Waals surface area contributed by atoms with Crippen molar-refractivity contribution in [2.24, 2.45) is 11.8 Å². The lowest BCUT2D eigenvalue weighted by atomic mass is 9.63. The van der Waals surface area contributed by atoms with E-state index in [2.05, 4.69) is 131 Å². The zero-order valence-corrected chi connectivity index (χ0v) is 33.9. The van der Waals surface area contributed by atoms with Crippen molar-refractivity contribution in [3.05, 3.63) is 169 Å². The van der Waals surface area contributed by atoms with Gasteiger partial charge in [0.1, 0.15) is 0 Å². The summed E-state index contributed by atoms with van der Waals surface area (Å²) in [6, 6.07) is 18.9. The molecule has 0 amide bonds. The molecular weight excluding hydrogens is 717 g/mol. The molecular formula is C52H50N2S2. The lowest BCUT2D eigenvalue weighted by molar-refractivity contribution is 0.337. The molecule has 4 heteroatoms. The van der Waals surface area contributed by atoms with Gasteiger partial charge < -0.3 is 9.80 Å². The maximum Gasteiger partial charge on any atom is 0.0684 e. The molecule has 0 N–H and O–H groups in total. The molecule has 2 aromatic carbocycles. The Kier molecular flexibility index (Phi) is 8.28. The minimum absolute atomic E-state index is 0.393. The number of hydrogen-bond donors (Lipinski definition) is 0. The molecule has 1 aliphatic heterocycles. The van der Waals surface area contributed by atoms with Crippen LogP contribution in [0.25, 0.3) is 16.2 Å². The number of anilines is 2. The van der Waals surface area contributed by atoms with E-state index in [4.69, 9.17) is 0 Å². The number of para-hydroxylation sites is 1. The summed E-state index contributed by atoms with van der Waals surface area (Å²) in [5.41, 5.74) is 18.9. The number of hydrogen-bond acceptors (Lipinski definition) is 4. The number of rotatable bonds is 6. The van der Waals surface area contributed by atoms with Crippen LogP contribution in [0, 0.1) is 11.8 Å². The van der Waals surface area contributed by atoms with Gasteiger partial charge in [-0.1, -0.05) is 84.5 Å². The molecule has 280 valence electrons. The Labute approximate surface area is 340 Å². The highest BCUT2D eigenvalue weighted by Crippen LogP contribution is 2.58. The smallest absolute Gasteiger partial charge is 0.0684 e. The summed E-state index contributed by atoms with van der Waals surface area (Å²) >= 11 is 4.24. The molecule has 12 rings (SSSR count). The number of thioether (sulfide) groups is 1. The van der Waals surface area contributed by atoms with Gasteiger partial charge in [-0.3, -0.25) is 0 Å². The Morgan fingerprint density at radius 3 is 2.59 bits per heavy atom. The quantitative estimate of drug-likeness (QED) is 0.231. The fourth-order valence-corrected chi connectivity index (χ4v) is 14.8. The highest BCUT2D eigenvalue weighted by Gasteiger charge is 2.45. The van der Waals surface area contributed by atoms with Crippen LogP contribution < -0.4 is 4.90 Å². The predicted octanol–water partition coefficient (Wildman–Crippen LogP) is 14.3. The van der Waals surface area contributed by atoms with Gasteiger partial charge in [0.05, 0.1) is 16.4 Å². The van der Waals surface area contributed by atoms with E-state index in [1.807, 2.05) is 11.3 Å². The van der Waals surface area contributed by atoms with Crippen LogP contribution in [-0.2, 0) is 6.42 Å². The van der Waals surface area contributed by atoms with Crippen molar-refractivity contribution < 1.29 is 0 Å². The maximum absolute atomic E-state index is 2.90. The molecule has 3 aromatic rings. The normalized spacial score (nSPS) is 27.3. The predicted molar refractivity (Wildman–Crippen MR) is 239 cm³/mol. The summed E-state index contributed by atoms with van der Waals surface area (Å²) in [5, 5.41) is 2.16. The second kappa shape index (κ2) is 13.7. The Morgan fingerprint density at radius 2 is 1.66 bits per heavy atom. The van der Waals surface area contributed by atoms with E-state index in [1.54, 1.807) is 55.3 Å². The van der Waals surface area contributed by atoms with E-state index in [1.165, 1.54) is 83.4 Å². The van der Waals surface area contributed by atoms with Crippen LogP contribution >= 0.6 is 23.1 Å². The second-order valence-electron chi connectivity index (χ2n) is 17.2. The van der Waals surface area contributed by atoms with Gasteiger partial charge in [-0.25, -0.2) is 0 Å². The third kappa shape index (κ3) is 5.27. The topological polar surface area (TPSA) is 6.48 Å². The molecule has 1 saturated carbocycles. The number of aryl methyl sites for hydroxylation is 1. The Hall–Kier alpha value is -4.25. The molecule has 2 heterocycles. The molecule has 0 spiro atoms. The van der Waals surface area contributed by atoms with Crippen molar-refractivity contribution in [1.82, 2.24) is 4.90 Å². The molecule has 0 radical (unpaired) electrons. The van der Waals surface area contributed by atoms with Crippen molar-refractivity contribution in [3.63, 3.8) is 0 Å². The summed E-state index contributed by atoms with van der Waals surface area (Å²) in [6.07, 6.45) is 41.1. The van der Waals surface area contributed by atoms with E-state index in [-0.39, 0.29) is 0 Å². The molecule has 0 saturated heterocycles. The van der Waals surface area contributed by atoms with Crippen molar-refractivity contribution >= 4 is 50.6 Å². The Morgan fingerprint density at radius 1 is 0.732 bits per heavy atom. The van der Waals surface area contributed by atoms with Gasteiger partial charge >= 0.3 is 0 Å². The first-order valence-electron chi connectivity index (χ1n) is 21.6. The van der Waals surface area contributed by atoms with Crippen LogP contribution in [-0.4, -0.2) is 16.2 Å². The SMILES string of the molecule is C1=CCCC(N(C2=CCC3CCC4=C(N(c5ccccc5)c5cccc6c7c(sc56)C=CCC7)CCC5=C4C3=C2CC5)C2CC=CC3=C2SC2CCC=CC32)=C1. The molecule has 4 atom stereocenters. The third-order valence-electron chi connectivity index (χ3n) is 14.3. The van der Waals surface area contributed by atoms with Crippen molar-refractivity contribution in [3.8, 4) is 0 Å². The van der Waals surface area contributed by atoms with Gasteiger partial charge in [0, 0.05) is 43.7 Å². The van der Waals surface area contributed by atoms with Crippen LogP contribution in [0.3, 0.4) is 0 Å². The number of nitrogens with zero attached hydrogens (tertiary/aromatic N) is 2. The second-order valence-corrected chi connectivity index (χ2v) is 19.6. The largest absolute Gasteiger partial charge is 0.337 e. The Bertz CT molecular complexity index is 2490. The minimum Gasteiger partial charge on any atom is -0.337 e. The van der Waals surface area contributed by atoms with Crippen molar-refractivity contribution in [2.75, 3.05) is 4.90 Å². The average molecular weight is 767 g/mol. The molecule has 1 aromatic heterocycles. The number of thiophene rings is 1. The number of allylic oxidation sites excluding steroid dienone is 16. The van der Waals surface area contributed by atoms with Crippen molar-refractivity contribution in [1.29, 1.82) is 0 Å². The van der Waals surface area contributed by atoms with Crippen LogP contribution in [0.4, 0.5) is 11.4 Å². The first kappa shape index (κ1) is 33.8. The van der Waals surface area contributed by atoms with Crippen LogP contribution in [0.2, 0.25) is 0 Å². The highest BCUT2D eigenvalue weighted by atomic mass is 32.2. The van der Waals surface area contributed by atoms with Gasteiger partial charge in [0.15, 0.2) is 0 Å². The summed E-state index contributed by atoms with van der Waals surface area (Å²) < 4.78 is 1.45. The van der Waals surface area contributed by atoms with E-state index in [0.717, 1.165) is 38.5 Å². The molecule has 2 nitrogen and oxygen atoms in total. The summed E-state index contributed by atoms with van der Waals surface area (Å²) in [7, 11) is 0. The van der Waals surface area contributed by atoms with E-state index in [0.29, 0.717) is 23.1 Å². The summed E-state index contributed by atoms with van der Waals surface area (Å²) in [4.78, 5) is 8.72. The van der Waals surface area contributed by atoms with Crippen LogP contribution in [0.5, 0.6) is 0 Å². The van der Waals surface area contributed by atoms with Crippen LogP contribution in [0.1, 0.15) is 93.9 Å². The standard InChI is InChI=1S/C52H50N2S2/c1-3-13-35(14-4-1)53(45-21-11-19-39-37-17-7-9-23-47(37)55-51(39)45)43-31-27-33-26-30-42-44(32-28-34-25-29-41(43)49(33)50(34)42)54(36-15-5-2-6-16-36)46-22-12-20-40-38-18-8-10-24-48(38)56-52(40)46/h1-5,8-9,11-15,18-21,23,32,34,38,46,48H,6-7,10,16-17,22,24-31H2. The number of fused-ring (bicyclic) bond motifs is 5. The summed E-state index contributed by atoms with van der Waals surface area (Å²) in [5.74, 6) is 1.21. The zero-order valence-electron chi connectivity index (χ0n) is 32.3. The molecule has 56 heavy (non-hydrogen) atoms. The van der Waals surface area contributed by atoms with Crippen LogP contribution in [0.15, 0.2) is 159 Å². The lowest BCUT2D eigenvalue weighted by Gasteiger charge is -2.47. The molecule has 0 bridgehead atoms. The molecule has 4 unspecified atom stereocenters. The Balaban J connectivity index is 1.00. The number of benzene rings is 2. The fraction of sp³-hybridized carbons (Fsp3) is 0.346. The molecule has 9 aliphatic rings. The third-order valence-corrected chi connectivity index (χ3v) is 17.1. The van der Waals surface area contributed by atoms with Crippen molar-refractivity contribution in [2.45, 2.75) is 101 Å². The fourth-order valence-electron chi connectivity index (χ4n) is 11.9. The van der Waals surface area contributed by atoms with E-state index < -0.39 is 0 Å². The van der Waals surface area contributed by atoms with Gasteiger partial charge in [0.2, 0.25) is 0 Å².